The number of ether oxygens (including phenoxy) is 1. The number of fused-ring (bicyclic) bond motifs is 1. The van der Waals surface area contributed by atoms with Crippen molar-refractivity contribution in [2.75, 3.05) is 6.54 Å². The van der Waals surface area contributed by atoms with E-state index in [0.717, 1.165) is 43.9 Å². The molecule has 30 heavy (non-hydrogen) atoms. The summed E-state index contributed by atoms with van der Waals surface area (Å²) in [6.45, 7) is 8.60. The van der Waals surface area contributed by atoms with E-state index in [4.69, 9.17) is 4.74 Å². The molecular weight excluding hydrogens is 374 g/mol. The van der Waals surface area contributed by atoms with E-state index in [1.165, 1.54) is 29.2 Å². The molecule has 1 saturated heterocycles. The van der Waals surface area contributed by atoms with Gasteiger partial charge < -0.3 is 9.84 Å². The van der Waals surface area contributed by atoms with Gasteiger partial charge in [-0.25, -0.2) is 0 Å². The lowest BCUT2D eigenvalue weighted by Crippen LogP contribution is -2.35. The summed E-state index contributed by atoms with van der Waals surface area (Å²) in [5, 5.41) is 11.8. The summed E-state index contributed by atoms with van der Waals surface area (Å²) in [5.41, 5.74) is 1.57. The highest BCUT2D eigenvalue weighted by molar-refractivity contribution is 5.84. The van der Waals surface area contributed by atoms with Gasteiger partial charge in [0, 0.05) is 6.54 Å². The maximum atomic E-state index is 11.4. The molecule has 0 radical (unpaired) electrons. The molecule has 2 fully saturated rings. The van der Waals surface area contributed by atoms with Crippen molar-refractivity contribution >= 4 is 16.7 Å². The highest BCUT2D eigenvalue weighted by Gasteiger charge is 2.31. The third-order valence-corrected chi connectivity index (χ3v) is 7.11. The summed E-state index contributed by atoms with van der Waals surface area (Å²) in [6, 6.07) is 12.5. The number of rotatable bonds is 5. The first-order valence-corrected chi connectivity index (χ1v) is 11.5. The van der Waals surface area contributed by atoms with Crippen LogP contribution in [0.3, 0.4) is 0 Å². The van der Waals surface area contributed by atoms with Crippen molar-refractivity contribution in [3.8, 4) is 5.75 Å². The monoisotopic (exact) mass is 409 g/mol. The van der Waals surface area contributed by atoms with E-state index in [1.54, 1.807) is 0 Å². The van der Waals surface area contributed by atoms with Gasteiger partial charge in [-0.1, -0.05) is 39.0 Å². The van der Waals surface area contributed by atoms with E-state index in [-0.39, 0.29) is 6.04 Å². The van der Waals surface area contributed by atoms with Crippen LogP contribution in [-0.2, 0) is 11.3 Å². The predicted octanol–water partition coefficient (Wildman–Crippen LogP) is 5.87. The Morgan fingerprint density at radius 1 is 1.03 bits per heavy atom. The lowest BCUT2D eigenvalue weighted by atomic mass is 9.72. The summed E-state index contributed by atoms with van der Waals surface area (Å²) in [4.78, 5) is 13.5. The number of aliphatic carboxylic acids is 1. The van der Waals surface area contributed by atoms with Crippen LogP contribution in [0.2, 0.25) is 0 Å². The number of carbonyl (C=O) groups is 1. The Bertz CT molecular complexity index is 893. The minimum atomic E-state index is -0.702. The number of nitrogens with zero attached hydrogens (tertiary/aromatic N) is 1. The van der Waals surface area contributed by atoms with E-state index in [2.05, 4.69) is 62.1 Å². The third kappa shape index (κ3) is 4.80. The zero-order valence-electron chi connectivity index (χ0n) is 18.6. The van der Waals surface area contributed by atoms with Gasteiger partial charge in [0.25, 0.3) is 0 Å². The van der Waals surface area contributed by atoms with Crippen LogP contribution in [0.5, 0.6) is 5.75 Å². The van der Waals surface area contributed by atoms with E-state index in [1.807, 2.05) is 0 Å². The van der Waals surface area contributed by atoms with Crippen molar-refractivity contribution in [3.05, 3.63) is 42.0 Å². The topological polar surface area (TPSA) is 49.8 Å². The number of carboxylic acids is 1. The molecule has 1 atom stereocenters. The molecule has 0 aromatic heterocycles. The Balaban J connectivity index is 1.39. The zero-order valence-corrected chi connectivity index (χ0v) is 18.6. The smallest absolute Gasteiger partial charge is 0.320 e. The van der Waals surface area contributed by atoms with E-state index < -0.39 is 5.97 Å². The van der Waals surface area contributed by atoms with Crippen LogP contribution in [0, 0.1) is 11.3 Å². The fraction of sp³-hybridized carbons (Fsp3) is 0.577. The van der Waals surface area contributed by atoms with Gasteiger partial charge in [-0.2, -0.15) is 0 Å². The first kappa shape index (κ1) is 21.2. The second-order valence-electron chi connectivity index (χ2n) is 10.3. The van der Waals surface area contributed by atoms with Crippen LogP contribution < -0.4 is 4.74 Å². The molecule has 0 bridgehead atoms. The summed E-state index contributed by atoms with van der Waals surface area (Å²) in [7, 11) is 0. The molecule has 0 amide bonds. The molecule has 162 valence electrons. The summed E-state index contributed by atoms with van der Waals surface area (Å²) in [6.07, 6.45) is 6.81. The Morgan fingerprint density at radius 3 is 2.43 bits per heavy atom. The number of hydrogen-bond donors (Lipinski definition) is 1. The molecular formula is C26H35NO3. The molecule has 1 aliphatic heterocycles. The van der Waals surface area contributed by atoms with Crippen LogP contribution >= 0.6 is 0 Å². The Morgan fingerprint density at radius 2 is 1.73 bits per heavy atom. The number of hydrogen-bond acceptors (Lipinski definition) is 3. The van der Waals surface area contributed by atoms with Crippen LogP contribution in [-0.4, -0.2) is 34.7 Å². The molecule has 4 nitrogen and oxygen atoms in total. The maximum absolute atomic E-state index is 11.4. The SMILES string of the molecule is CC(C)(C)C1CCC(Oc2ccc3cc(CN4CCC[C@H]4C(=O)O)ccc3c2)CC1. The van der Waals surface area contributed by atoms with Crippen LogP contribution in [0.25, 0.3) is 10.8 Å². The largest absolute Gasteiger partial charge is 0.490 e. The molecule has 1 N–H and O–H groups in total. The predicted molar refractivity (Wildman–Crippen MR) is 121 cm³/mol. The first-order chi connectivity index (χ1) is 14.3. The van der Waals surface area contributed by atoms with Crippen molar-refractivity contribution in [2.45, 2.75) is 78.0 Å². The Hall–Kier alpha value is -2.07. The third-order valence-electron chi connectivity index (χ3n) is 7.11. The summed E-state index contributed by atoms with van der Waals surface area (Å²) < 4.78 is 6.33. The highest BCUT2D eigenvalue weighted by Crippen LogP contribution is 2.39. The van der Waals surface area contributed by atoms with E-state index >= 15 is 0 Å². The van der Waals surface area contributed by atoms with Crippen LogP contribution in [0.4, 0.5) is 0 Å². The molecule has 1 heterocycles. The molecule has 2 aromatic carbocycles. The average Bonchev–Trinajstić information content (AvgIpc) is 3.16. The van der Waals surface area contributed by atoms with Crippen molar-refractivity contribution in [1.29, 1.82) is 0 Å². The van der Waals surface area contributed by atoms with Gasteiger partial charge in [-0.05, 0) is 90.9 Å². The Kier molecular flexibility index (Phi) is 6.06. The number of likely N-dealkylation sites (tertiary alicyclic amines) is 1. The molecule has 0 spiro atoms. The first-order valence-electron chi connectivity index (χ1n) is 11.5. The molecule has 1 aliphatic carbocycles. The van der Waals surface area contributed by atoms with Gasteiger partial charge >= 0.3 is 5.97 Å². The fourth-order valence-electron chi connectivity index (χ4n) is 5.21. The minimum Gasteiger partial charge on any atom is -0.490 e. The van der Waals surface area contributed by atoms with Crippen molar-refractivity contribution in [2.24, 2.45) is 11.3 Å². The highest BCUT2D eigenvalue weighted by atomic mass is 16.5. The van der Waals surface area contributed by atoms with Gasteiger partial charge in [-0.3, -0.25) is 9.69 Å². The van der Waals surface area contributed by atoms with Gasteiger partial charge in [0.15, 0.2) is 0 Å². The van der Waals surface area contributed by atoms with Gasteiger partial charge in [0.2, 0.25) is 0 Å². The Labute approximate surface area is 180 Å². The lowest BCUT2D eigenvalue weighted by molar-refractivity contribution is -0.142. The van der Waals surface area contributed by atoms with Crippen LogP contribution in [0.1, 0.15) is 64.9 Å². The minimum absolute atomic E-state index is 0.323. The molecule has 2 aromatic rings. The molecule has 4 heteroatoms. The molecule has 2 aliphatic rings. The normalized spacial score (nSPS) is 25.5. The van der Waals surface area contributed by atoms with Crippen molar-refractivity contribution in [3.63, 3.8) is 0 Å². The van der Waals surface area contributed by atoms with E-state index in [9.17, 15) is 9.90 Å². The second-order valence-corrected chi connectivity index (χ2v) is 10.3. The van der Waals surface area contributed by atoms with Gasteiger partial charge in [0.05, 0.1) is 6.10 Å². The number of carboxylic acid groups (broad SMARTS) is 1. The average molecular weight is 410 g/mol. The van der Waals surface area contributed by atoms with Crippen molar-refractivity contribution in [1.82, 2.24) is 4.90 Å². The lowest BCUT2D eigenvalue weighted by Gasteiger charge is -2.37. The quantitative estimate of drug-likeness (QED) is 0.671. The zero-order chi connectivity index (χ0) is 21.3. The van der Waals surface area contributed by atoms with E-state index in [0.29, 0.717) is 18.1 Å². The van der Waals surface area contributed by atoms with Crippen molar-refractivity contribution < 1.29 is 14.6 Å². The van der Waals surface area contributed by atoms with Crippen LogP contribution in [0.15, 0.2) is 36.4 Å². The second kappa shape index (κ2) is 8.58. The number of benzene rings is 2. The van der Waals surface area contributed by atoms with Gasteiger partial charge in [0.1, 0.15) is 11.8 Å². The summed E-state index contributed by atoms with van der Waals surface area (Å²) in [5.74, 6) is 1.05. The standard InChI is InChI=1S/C26H35NO3/c1-26(2,3)21-9-12-22(13-10-21)30-23-11-8-19-15-18(6-7-20(19)16-23)17-27-14-4-5-24(27)25(28)29/h6-8,11,15-16,21-22,24H,4-5,9-10,12-14,17H2,1-3H3,(H,28,29)/t21?,22?,24-/m0/s1. The maximum Gasteiger partial charge on any atom is 0.320 e. The summed E-state index contributed by atoms with van der Waals surface area (Å²) >= 11 is 0. The molecule has 0 unspecified atom stereocenters. The van der Waals surface area contributed by atoms with Gasteiger partial charge in [-0.15, -0.1) is 0 Å². The molecule has 4 rings (SSSR count). The molecule has 1 saturated carbocycles. The fourth-order valence-corrected chi connectivity index (χ4v) is 5.21.